The second-order valence-electron chi connectivity index (χ2n) is 14.5. The molecule has 0 aromatic rings. The molecule has 0 aliphatic rings. The van der Waals surface area contributed by atoms with Gasteiger partial charge in [-0.25, -0.2) is 4.79 Å². The van der Waals surface area contributed by atoms with Gasteiger partial charge in [-0.05, 0) is 52.6 Å². The fourth-order valence-electron chi connectivity index (χ4n) is 5.83. The Morgan fingerprint density at radius 1 is 0.540 bits per heavy atom. The van der Waals surface area contributed by atoms with E-state index >= 15 is 0 Å². The largest absolute Gasteiger partial charge is 0.462 e. The van der Waals surface area contributed by atoms with Crippen molar-refractivity contribution >= 4 is 18.0 Å². The van der Waals surface area contributed by atoms with Crippen molar-refractivity contribution in [1.29, 1.82) is 0 Å². The number of allylic oxidation sites excluding steroid dienone is 2. The number of amides is 1. The molecule has 8 nitrogen and oxygen atoms in total. The highest BCUT2D eigenvalue weighted by Gasteiger charge is 2.19. The Hall–Kier alpha value is -2.09. The first-order valence-electron chi connectivity index (χ1n) is 20.9. The molecule has 0 radical (unpaired) electrons. The maximum Gasteiger partial charge on any atom is 0.407 e. The molecule has 1 atom stereocenters. The molecule has 0 fully saturated rings. The second-order valence-corrected chi connectivity index (χ2v) is 14.5. The van der Waals surface area contributed by atoms with Gasteiger partial charge in [0.15, 0.2) is 6.10 Å². The maximum atomic E-state index is 12.4. The minimum atomic E-state index is -0.844. The van der Waals surface area contributed by atoms with Gasteiger partial charge in [-0.1, -0.05) is 154 Å². The molecule has 0 bridgehead atoms. The van der Waals surface area contributed by atoms with Crippen molar-refractivity contribution in [2.75, 3.05) is 40.4 Å². The Kier molecular flexibility index (Phi) is 36.6. The van der Waals surface area contributed by atoms with E-state index in [9.17, 15) is 14.4 Å². The number of unbranched alkanes of at least 4 members (excludes halogenated alkanes) is 23. The van der Waals surface area contributed by atoms with Crippen molar-refractivity contribution in [1.82, 2.24) is 10.2 Å². The van der Waals surface area contributed by atoms with Crippen LogP contribution in [0.5, 0.6) is 0 Å². The number of esters is 2. The molecule has 0 aliphatic heterocycles. The molecule has 0 heterocycles. The molecular formula is C42H80N2O6. The molecule has 1 N–H and O–H groups in total. The average molecular weight is 709 g/mol. The number of nitrogens with one attached hydrogen (secondary N) is 1. The highest BCUT2D eigenvalue weighted by atomic mass is 16.6. The minimum Gasteiger partial charge on any atom is -0.462 e. The predicted octanol–water partition coefficient (Wildman–Crippen LogP) is 11.2. The number of hydrogen-bond donors (Lipinski definition) is 1. The first kappa shape index (κ1) is 47.9. The molecule has 50 heavy (non-hydrogen) atoms. The topological polar surface area (TPSA) is 94.2 Å². The van der Waals surface area contributed by atoms with Gasteiger partial charge in [0.25, 0.3) is 0 Å². The van der Waals surface area contributed by atoms with E-state index in [0.717, 1.165) is 44.9 Å². The molecule has 0 aliphatic carbocycles. The Morgan fingerprint density at radius 2 is 0.900 bits per heavy atom. The van der Waals surface area contributed by atoms with Crippen molar-refractivity contribution in [3.05, 3.63) is 12.2 Å². The van der Waals surface area contributed by atoms with E-state index in [1.165, 1.54) is 122 Å². The van der Waals surface area contributed by atoms with Gasteiger partial charge in [-0.2, -0.15) is 0 Å². The molecule has 0 saturated heterocycles. The summed E-state index contributed by atoms with van der Waals surface area (Å²) in [5, 5.41) is 2.70. The fraction of sp³-hybridized carbons (Fsp3) is 0.881. The third-order valence-electron chi connectivity index (χ3n) is 9.09. The quantitative estimate of drug-likeness (QED) is 0.0297. The summed E-state index contributed by atoms with van der Waals surface area (Å²) >= 11 is 0. The van der Waals surface area contributed by atoms with E-state index in [1.807, 2.05) is 19.0 Å². The van der Waals surface area contributed by atoms with Gasteiger partial charge in [0.05, 0.1) is 0 Å². The van der Waals surface area contributed by atoms with Crippen molar-refractivity contribution < 1.29 is 28.6 Å². The predicted molar refractivity (Wildman–Crippen MR) is 209 cm³/mol. The van der Waals surface area contributed by atoms with Crippen molar-refractivity contribution in [2.45, 2.75) is 200 Å². The molecule has 8 heteroatoms. The Morgan fingerprint density at radius 3 is 1.28 bits per heavy atom. The highest BCUT2D eigenvalue weighted by Crippen LogP contribution is 2.14. The first-order chi connectivity index (χ1) is 24.4. The fourth-order valence-corrected chi connectivity index (χ4v) is 5.83. The van der Waals surface area contributed by atoms with E-state index in [-0.39, 0.29) is 25.2 Å². The standard InChI is InChI=1S/C42H80N2O6/c1-5-7-9-11-13-15-17-19-20-22-24-26-28-30-32-34-41(46)49-38-39(50-42(47)43-35-36-44(3)4)37-48-40(45)33-31-29-27-25-23-21-18-16-14-12-10-8-6-2/h19-20,39H,5-18,21-38H2,1-4H3,(H,43,47). The molecule has 1 unspecified atom stereocenters. The van der Waals surface area contributed by atoms with Gasteiger partial charge >= 0.3 is 18.0 Å². The molecule has 0 aromatic carbocycles. The monoisotopic (exact) mass is 709 g/mol. The van der Waals surface area contributed by atoms with E-state index in [4.69, 9.17) is 14.2 Å². The van der Waals surface area contributed by atoms with Crippen molar-refractivity contribution in [3.63, 3.8) is 0 Å². The lowest BCUT2D eigenvalue weighted by atomic mass is 10.0. The number of rotatable bonds is 37. The van der Waals surface area contributed by atoms with Gasteiger partial charge in [0.1, 0.15) is 13.2 Å². The van der Waals surface area contributed by atoms with Crippen molar-refractivity contribution in [3.8, 4) is 0 Å². The van der Waals surface area contributed by atoms with Crippen molar-refractivity contribution in [2.24, 2.45) is 0 Å². The number of likely N-dealkylation sites (N-methyl/N-ethyl adjacent to an activating group) is 1. The lowest BCUT2D eigenvalue weighted by molar-refractivity contribution is -0.152. The lowest BCUT2D eigenvalue weighted by Gasteiger charge is -2.19. The summed E-state index contributed by atoms with van der Waals surface area (Å²) in [6.45, 7) is 5.35. The normalized spacial score (nSPS) is 12.0. The number of ether oxygens (including phenoxy) is 3. The lowest BCUT2D eigenvalue weighted by Crippen LogP contribution is -2.37. The van der Waals surface area contributed by atoms with E-state index in [1.54, 1.807) is 0 Å². The molecule has 0 aromatic heterocycles. The van der Waals surface area contributed by atoms with Crippen LogP contribution >= 0.6 is 0 Å². The zero-order valence-electron chi connectivity index (χ0n) is 33.3. The molecule has 1 amide bonds. The molecule has 294 valence electrons. The molecule has 0 spiro atoms. The van der Waals surface area contributed by atoms with Crippen LogP contribution in [0, 0.1) is 0 Å². The van der Waals surface area contributed by atoms with Crippen LogP contribution in [0.4, 0.5) is 4.79 Å². The Bertz CT molecular complexity index is 803. The van der Waals surface area contributed by atoms with Crippen LogP contribution in [0.3, 0.4) is 0 Å². The van der Waals surface area contributed by atoms with Crippen LogP contribution in [0.2, 0.25) is 0 Å². The minimum absolute atomic E-state index is 0.126. The van der Waals surface area contributed by atoms with Crippen LogP contribution in [-0.4, -0.2) is 69.4 Å². The van der Waals surface area contributed by atoms with Gasteiger partial charge in [0.2, 0.25) is 0 Å². The van der Waals surface area contributed by atoms with Crippen LogP contribution in [0.1, 0.15) is 194 Å². The molecular weight excluding hydrogens is 628 g/mol. The molecule has 0 rings (SSSR count). The summed E-state index contributed by atoms with van der Waals surface area (Å²) in [6, 6.07) is 0. The number of hydrogen-bond acceptors (Lipinski definition) is 7. The summed E-state index contributed by atoms with van der Waals surface area (Å²) in [7, 11) is 3.84. The average Bonchev–Trinajstić information content (AvgIpc) is 3.09. The Balaban J connectivity index is 4.14. The third kappa shape index (κ3) is 37.2. The van der Waals surface area contributed by atoms with Crippen LogP contribution < -0.4 is 5.32 Å². The summed E-state index contributed by atoms with van der Waals surface area (Å²) in [4.78, 5) is 39.1. The Labute approximate surface area is 308 Å². The summed E-state index contributed by atoms with van der Waals surface area (Å²) < 4.78 is 16.3. The van der Waals surface area contributed by atoms with E-state index in [2.05, 4.69) is 31.3 Å². The highest BCUT2D eigenvalue weighted by molar-refractivity contribution is 5.70. The number of alkyl carbamates (subject to hydrolysis) is 1. The van der Waals surface area contributed by atoms with Crippen LogP contribution in [0.15, 0.2) is 12.2 Å². The molecule has 0 saturated carbocycles. The second kappa shape index (κ2) is 38.1. The summed E-state index contributed by atoms with van der Waals surface area (Å²) in [6.07, 6.45) is 35.7. The summed E-state index contributed by atoms with van der Waals surface area (Å²) in [5.41, 5.74) is 0. The van der Waals surface area contributed by atoms with Gasteiger partial charge < -0.3 is 24.4 Å². The van der Waals surface area contributed by atoms with Crippen LogP contribution in [0.25, 0.3) is 0 Å². The van der Waals surface area contributed by atoms with Gasteiger partial charge in [-0.15, -0.1) is 0 Å². The van der Waals surface area contributed by atoms with E-state index in [0.29, 0.717) is 25.9 Å². The SMILES string of the molecule is CCCCCCCCC=CCCCCCCCC(=O)OCC(COC(=O)CCCCCCCCCCCCCCC)OC(=O)NCCN(C)C. The number of nitrogens with zero attached hydrogens (tertiary/aromatic N) is 1. The van der Waals surface area contributed by atoms with Crippen LogP contribution in [-0.2, 0) is 23.8 Å². The zero-order valence-corrected chi connectivity index (χ0v) is 33.3. The third-order valence-corrected chi connectivity index (χ3v) is 9.09. The van der Waals surface area contributed by atoms with E-state index < -0.39 is 12.2 Å². The summed E-state index contributed by atoms with van der Waals surface area (Å²) in [5.74, 6) is -0.628. The number of carbonyl (C=O) groups excluding carboxylic acids is 3. The number of carbonyl (C=O) groups is 3. The maximum absolute atomic E-state index is 12.4. The van der Waals surface area contributed by atoms with Gasteiger partial charge in [-0.3, -0.25) is 9.59 Å². The van der Waals surface area contributed by atoms with Gasteiger partial charge in [0, 0.05) is 25.9 Å². The smallest absolute Gasteiger partial charge is 0.407 e. The first-order valence-corrected chi connectivity index (χ1v) is 20.9. The zero-order chi connectivity index (χ0) is 36.8.